The zero-order valence-electron chi connectivity index (χ0n) is 11.2. The van der Waals surface area contributed by atoms with Gasteiger partial charge in [-0.2, -0.15) is 16.8 Å². The molecule has 0 aliphatic carbocycles. The molecule has 0 aromatic carbocycles. The fourth-order valence-electron chi connectivity index (χ4n) is 2.59. The van der Waals surface area contributed by atoms with Gasteiger partial charge < -0.3 is 4.48 Å². The summed E-state index contributed by atoms with van der Waals surface area (Å²) in [6.45, 7) is 5.33. The van der Waals surface area contributed by atoms with Crippen molar-refractivity contribution in [2.24, 2.45) is 0 Å². The molecule has 7 nitrogen and oxygen atoms in total. The molecular weight excluding hydrogens is 305 g/mol. The van der Waals surface area contributed by atoms with Crippen molar-refractivity contribution in [2.75, 3.05) is 20.1 Å². The van der Waals surface area contributed by atoms with E-state index < -0.39 is 36.8 Å². The van der Waals surface area contributed by atoms with Crippen molar-refractivity contribution in [2.45, 2.75) is 23.5 Å². The monoisotopic (exact) mass is 323 g/mol. The SMILES string of the molecule is C=CC[N+]1(C)CC(S(=O)(=O)O)C(S(=O)(=O)O)C1C.[Na+]. The quantitative estimate of drug-likeness (QED) is 0.241. The minimum Gasteiger partial charge on any atom is -0.318 e. The van der Waals surface area contributed by atoms with Crippen molar-refractivity contribution in [3.8, 4) is 0 Å². The molecule has 0 radical (unpaired) electrons. The predicted octanol–water partition coefficient (Wildman–Crippen LogP) is -3.46. The summed E-state index contributed by atoms with van der Waals surface area (Å²) in [6.07, 6.45) is 1.55. The number of nitrogens with zero attached hydrogens (tertiary/aromatic N) is 1. The van der Waals surface area contributed by atoms with Crippen LogP contribution in [0.25, 0.3) is 0 Å². The van der Waals surface area contributed by atoms with E-state index in [-0.39, 0.29) is 40.6 Å². The van der Waals surface area contributed by atoms with E-state index in [9.17, 15) is 21.4 Å². The molecule has 0 spiro atoms. The molecule has 1 saturated heterocycles. The summed E-state index contributed by atoms with van der Waals surface area (Å²) in [5.74, 6) is 0. The predicted molar refractivity (Wildman–Crippen MR) is 66.3 cm³/mol. The Morgan fingerprint density at radius 1 is 1.26 bits per heavy atom. The maximum absolute atomic E-state index is 11.3. The average Bonchev–Trinajstić information content (AvgIpc) is 2.38. The molecule has 10 heteroatoms. The zero-order valence-corrected chi connectivity index (χ0v) is 14.9. The van der Waals surface area contributed by atoms with Crippen molar-refractivity contribution in [3.05, 3.63) is 12.7 Å². The molecular formula is C9H18NNaO6S2+2. The smallest absolute Gasteiger partial charge is 0.318 e. The van der Waals surface area contributed by atoms with E-state index in [0.717, 1.165) is 0 Å². The molecule has 1 aliphatic heterocycles. The Labute approximate surface area is 136 Å². The molecule has 106 valence electrons. The number of rotatable bonds is 4. The Balaban J connectivity index is 0.00000324. The maximum atomic E-state index is 11.3. The molecule has 4 unspecified atom stereocenters. The Morgan fingerprint density at radius 3 is 2.00 bits per heavy atom. The van der Waals surface area contributed by atoms with Gasteiger partial charge in [-0.1, -0.05) is 6.58 Å². The van der Waals surface area contributed by atoms with Gasteiger partial charge in [-0.15, -0.1) is 0 Å². The molecule has 0 saturated carbocycles. The first-order valence-electron chi connectivity index (χ1n) is 5.31. The third-order valence-corrected chi connectivity index (χ3v) is 6.48. The second-order valence-corrected chi connectivity index (χ2v) is 8.12. The first-order valence-corrected chi connectivity index (χ1v) is 8.32. The maximum Gasteiger partial charge on any atom is 1.00 e. The largest absolute Gasteiger partial charge is 1.00 e. The van der Waals surface area contributed by atoms with Crippen LogP contribution in [0.4, 0.5) is 0 Å². The van der Waals surface area contributed by atoms with Crippen molar-refractivity contribution in [1.29, 1.82) is 0 Å². The standard InChI is InChI=1S/C9H17NO6S2.Na/c1-4-5-10(3)6-8(17(11,12)13)9(7(10)2)18(14,15)16;/h4,7-9H,1,5-6H2,2-3H3,(H-,11,12,13,14,15,16);/q;+1/p+1. The van der Waals surface area contributed by atoms with Crippen molar-refractivity contribution in [1.82, 2.24) is 0 Å². The normalized spacial score (nSPS) is 35.7. The Kier molecular flexibility index (Phi) is 6.27. The van der Waals surface area contributed by atoms with Gasteiger partial charge in [-0.05, 0) is 13.0 Å². The van der Waals surface area contributed by atoms with Crippen LogP contribution < -0.4 is 29.6 Å². The van der Waals surface area contributed by atoms with Gasteiger partial charge in [0.2, 0.25) is 0 Å². The molecule has 1 heterocycles. The average molecular weight is 323 g/mol. The van der Waals surface area contributed by atoms with E-state index in [1.807, 2.05) is 0 Å². The number of hydrogen-bond acceptors (Lipinski definition) is 4. The molecule has 0 bridgehead atoms. The summed E-state index contributed by atoms with van der Waals surface area (Å²) in [5, 5.41) is -3.05. The van der Waals surface area contributed by atoms with Crippen LogP contribution in [0.3, 0.4) is 0 Å². The van der Waals surface area contributed by atoms with E-state index in [2.05, 4.69) is 6.58 Å². The molecule has 4 atom stereocenters. The van der Waals surface area contributed by atoms with Gasteiger partial charge in [0.25, 0.3) is 20.2 Å². The van der Waals surface area contributed by atoms with Gasteiger partial charge >= 0.3 is 29.6 Å². The first-order chi connectivity index (χ1) is 7.93. The van der Waals surface area contributed by atoms with E-state index >= 15 is 0 Å². The van der Waals surface area contributed by atoms with Crippen LogP contribution in [0.1, 0.15) is 6.92 Å². The van der Waals surface area contributed by atoms with Crippen LogP contribution in [-0.2, 0) is 20.2 Å². The van der Waals surface area contributed by atoms with E-state index in [1.54, 1.807) is 13.1 Å². The van der Waals surface area contributed by atoms with Crippen LogP contribution >= 0.6 is 0 Å². The summed E-state index contributed by atoms with van der Waals surface area (Å²) in [6, 6.07) is -0.662. The number of likely N-dealkylation sites (N-methyl/N-ethyl adjacent to an activating group) is 1. The number of likely N-dealkylation sites (tertiary alicyclic amines) is 1. The van der Waals surface area contributed by atoms with E-state index in [0.29, 0.717) is 6.54 Å². The van der Waals surface area contributed by atoms with Crippen LogP contribution in [-0.4, -0.2) is 67.1 Å². The minimum atomic E-state index is -4.56. The third kappa shape index (κ3) is 4.01. The second-order valence-electron chi connectivity index (χ2n) is 4.91. The van der Waals surface area contributed by atoms with Crippen molar-refractivity contribution in [3.63, 3.8) is 0 Å². The summed E-state index contributed by atoms with van der Waals surface area (Å²) >= 11 is 0. The molecule has 19 heavy (non-hydrogen) atoms. The second kappa shape index (κ2) is 6.10. The third-order valence-electron chi connectivity index (χ3n) is 3.69. The molecule has 1 rings (SSSR count). The van der Waals surface area contributed by atoms with Crippen LogP contribution in [0.5, 0.6) is 0 Å². The number of quaternary nitrogens is 1. The summed E-state index contributed by atoms with van der Waals surface area (Å²) in [7, 11) is -7.45. The molecule has 1 aliphatic rings. The Morgan fingerprint density at radius 2 is 1.74 bits per heavy atom. The first kappa shape index (κ1) is 19.5. The molecule has 1 fully saturated rings. The summed E-state index contributed by atoms with van der Waals surface area (Å²) < 4.78 is 63.6. The Bertz CT molecular complexity index is 545. The van der Waals surface area contributed by atoms with Gasteiger partial charge in [0.15, 0.2) is 10.5 Å². The van der Waals surface area contributed by atoms with Crippen LogP contribution in [0.15, 0.2) is 12.7 Å². The van der Waals surface area contributed by atoms with Gasteiger partial charge in [0, 0.05) is 0 Å². The number of hydrogen-bond donors (Lipinski definition) is 2. The van der Waals surface area contributed by atoms with Crippen molar-refractivity contribution < 1.29 is 60.0 Å². The molecule has 0 aromatic rings. The van der Waals surface area contributed by atoms with Gasteiger partial charge in [0.05, 0.1) is 13.6 Å². The fourth-order valence-corrected chi connectivity index (χ4v) is 5.79. The van der Waals surface area contributed by atoms with E-state index in [1.165, 1.54) is 6.92 Å². The van der Waals surface area contributed by atoms with Crippen LogP contribution in [0.2, 0.25) is 0 Å². The Hall–Kier alpha value is 0.520. The topological polar surface area (TPSA) is 109 Å². The van der Waals surface area contributed by atoms with E-state index in [4.69, 9.17) is 4.55 Å². The van der Waals surface area contributed by atoms with Crippen molar-refractivity contribution >= 4 is 20.2 Å². The van der Waals surface area contributed by atoms with Gasteiger partial charge in [-0.3, -0.25) is 9.11 Å². The van der Waals surface area contributed by atoms with Gasteiger partial charge in [-0.25, -0.2) is 0 Å². The zero-order chi connectivity index (χ0) is 14.4. The minimum absolute atomic E-state index is 0. The summed E-state index contributed by atoms with van der Waals surface area (Å²) in [4.78, 5) is 0. The summed E-state index contributed by atoms with van der Waals surface area (Å²) in [5.41, 5.74) is 0. The molecule has 0 aromatic heterocycles. The van der Waals surface area contributed by atoms with Crippen LogP contribution in [0, 0.1) is 0 Å². The fraction of sp³-hybridized carbons (Fsp3) is 0.778. The molecule has 2 N–H and O–H groups in total. The molecule has 0 amide bonds. The van der Waals surface area contributed by atoms with Gasteiger partial charge in [0.1, 0.15) is 12.6 Å².